The van der Waals surface area contributed by atoms with Gasteiger partial charge in [-0.2, -0.15) is 0 Å². The van der Waals surface area contributed by atoms with E-state index < -0.39 is 0 Å². The molecule has 1 fully saturated rings. The van der Waals surface area contributed by atoms with Gasteiger partial charge in [0.05, 0.1) is 6.61 Å². The number of fused-ring (bicyclic) bond motifs is 2. The van der Waals surface area contributed by atoms with E-state index in [-0.39, 0.29) is 17.8 Å². The fraction of sp³-hybridized carbons (Fsp3) is 0.600. The third-order valence-corrected chi connectivity index (χ3v) is 4.55. The molecule has 1 aromatic rings. The van der Waals surface area contributed by atoms with Crippen molar-refractivity contribution in [3.05, 3.63) is 29.6 Å². The number of halogens is 1. The number of benzene rings is 1. The average Bonchev–Trinajstić information content (AvgIpc) is 2.63. The fourth-order valence-corrected chi connectivity index (χ4v) is 3.80. The number of hydrogen-bond acceptors (Lipinski definition) is 3. The minimum Gasteiger partial charge on any atom is -0.395 e. The van der Waals surface area contributed by atoms with Gasteiger partial charge in [0.2, 0.25) is 0 Å². The number of anilines is 1. The molecule has 0 aromatic heterocycles. The van der Waals surface area contributed by atoms with Gasteiger partial charge in [-0.3, -0.25) is 0 Å². The Balaban J connectivity index is 1.95. The molecule has 104 valence electrons. The minimum atomic E-state index is -0.146. The Morgan fingerprint density at radius 2 is 2.21 bits per heavy atom. The number of likely N-dealkylation sites (N-methyl/N-ethyl adjacent to an activating group) is 1. The standard InChI is InChI=1S/C15H21FN2O/c1-17-10-15(5-2-6-18(11-15)7-8-19)13-9-12(16)3-4-14(13)17/h3-4,9,19H,2,5-8,10-11H2,1H3. The van der Waals surface area contributed by atoms with E-state index in [0.29, 0.717) is 0 Å². The molecule has 1 spiro atoms. The highest BCUT2D eigenvalue weighted by Gasteiger charge is 2.44. The van der Waals surface area contributed by atoms with Gasteiger partial charge in [-0.15, -0.1) is 0 Å². The lowest BCUT2D eigenvalue weighted by atomic mass is 9.75. The summed E-state index contributed by atoms with van der Waals surface area (Å²) in [6.45, 7) is 3.83. The maximum atomic E-state index is 13.6. The van der Waals surface area contributed by atoms with Crippen LogP contribution < -0.4 is 4.90 Å². The third kappa shape index (κ3) is 2.13. The Morgan fingerprint density at radius 1 is 1.37 bits per heavy atom. The summed E-state index contributed by atoms with van der Waals surface area (Å²) >= 11 is 0. The van der Waals surface area contributed by atoms with Gasteiger partial charge in [-0.1, -0.05) is 0 Å². The first-order valence-electron chi connectivity index (χ1n) is 6.99. The normalized spacial score (nSPS) is 27.0. The van der Waals surface area contributed by atoms with Gasteiger partial charge in [-0.25, -0.2) is 4.39 Å². The third-order valence-electron chi connectivity index (χ3n) is 4.55. The van der Waals surface area contributed by atoms with E-state index in [1.807, 2.05) is 6.07 Å². The van der Waals surface area contributed by atoms with Gasteiger partial charge in [0.25, 0.3) is 0 Å². The molecule has 1 N–H and O–H groups in total. The van der Waals surface area contributed by atoms with E-state index >= 15 is 0 Å². The highest BCUT2D eigenvalue weighted by molar-refractivity contribution is 5.62. The largest absolute Gasteiger partial charge is 0.395 e. The molecule has 2 aliphatic rings. The molecule has 0 aliphatic carbocycles. The molecule has 3 rings (SSSR count). The van der Waals surface area contributed by atoms with Crippen molar-refractivity contribution in [2.24, 2.45) is 0 Å². The number of aliphatic hydroxyl groups excluding tert-OH is 1. The van der Waals surface area contributed by atoms with Crippen molar-refractivity contribution in [3.8, 4) is 0 Å². The Kier molecular flexibility index (Phi) is 3.23. The molecule has 0 amide bonds. The average molecular weight is 264 g/mol. The Labute approximate surface area is 113 Å². The van der Waals surface area contributed by atoms with E-state index in [0.717, 1.165) is 50.3 Å². The zero-order valence-corrected chi connectivity index (χ0v) is 11.4. The first-order chi connectivity index (χ1) is 9.14. The van der Waals surface area contributed by atoms with Crippen LogP contribution in [0.5, 0.6) is 0 Å². The van der Waals surface area contributed by atoms with Gasteiger partial charge >= 0.3 is 0 Å². The quantitative estimate of drug-likeness (QED) is 0.879. The van der Waals surface area contributed by atoms with Gasteiger partial charge in [0, 0.05) is 37.8 Å². The van der Waals surface area contributed by atoms with Crippen LogP contribution in [0.1, 0.15) is 18.4 Å². The maximum Gasteiger partial charge on any atom is 0.123 e. The lowest BCUT2D eigenvalue weighted by molar-refractivity contribution is 0.126. The zero-order chi connectivity index (χ0) is 13.5. The monoisotopic (exact) mass is 264 g/mol. The van der Waals surface area contributed by atoms with Gasteiger partial charge < -0.3 is 14.9 Å². The zero-order valence-electron chi connectivity index (χ0n) is 11.4. The first kappa shape index (κ1) is 12.9. The summed E-state index contributed by atoms with van der Waals surface area (Å²) in [4.78, 5) is 4.54. The van der Waals surface area contributed by atoms with Crippen LogP contribution in [0.15, 0.2) is 18.2 Å². The molecule has 2 aliphatic heterocycles. The Morgan fingerprint density at radius 3 is 3.00 bits per heavy atom. The smallest absolute Gasteiger partial charge is 0.123 e. The molecule has 4 heteroatoms. The molecule has 1 aromatic carbocycles. The summed E-state index contributed by atoms with van der Waals surface area (Å²) in [7, 11) is 2.08. The Hall–Kier alpha value is -1.13. The number of rotatable bonds is 2. The predicted molar refractivity (Wildman–Crippen MR) is 74.1 cm³/mol. The first-order valence-corrected chi connectivity index (χ1v) is 6.99. The van der Waals surface area contributed by atoms with Crippen LogP contribution >= 0.6 is 0 Å². The lowest BCUT2D eigenvalue weighted by Gasteiger charge is -2.40. The van der Waals surface area contributed by atoms with Crippen LogP contribution in [0.25, 0.3) is 0 Å². The van der Waals surface area contributed by atoms with Crippen molar-refractivity contribution in [2.75, 3.05) is 44.7 Å². The van der Waals surface area contributed by atoms with Gasteiger partial charge in [0.15, 0.2) is 0 Å². The molecular formula is C15H21FN2O. The van der Waals surface area contributed by atoms with Crippen LogP contribution in [0, 0.1) is 5.82 Å². The second-order valence-corrected chi connectivity index (χ2v) is 5.90. The number of nitrogens with zero attached hydrogens (tertiary/aromatic N) is 2. The Bertz CT molecular complexity index is 477. The molecule has 2 heterocycles. The second kappa shape index (κ2) is 4.76. The predicted octanol–water partition coefficient (Wildman–Crippen LogP) is 1.60. The van der Waals surface area contributed by atoms with Crippen LogP contribution in [0.4, 0.5) is 10.1 Å². The lowest BCUT2D eigenvalue weighted by Crippen LogP contribution is -2.49. The van der Waals surface area contributed by atoms with Crippen molar-refractivity contribution in [1.29, 1.82) is 0 Å². The van der Waals surface area contributed by atoms with Crippen molar-refractivity contribution in [3.63, 3.8) is 0 Å². The molecule has 0 bridgehead atoms. The van der Waals surface area contributed by atoms with Crippen molar-refractivity contribution < 1.29 is 9.50 Å². The minimum absolute atomic E-state index is 0.0413. The summed E-state index contributed by atoms with van der Waals surface area (Å²) < 4.78 is 13.6. The van der Waals surface area contributed by atoms with Crippen molar-refractivity contribution in [2.45, 2.75) is 18.3 Å². The summed E-state index contributed by atoms with van der Waals surface area (Å²) in [6, 6.07) is 5.15. The molecule has 0 saturated carbocycles. The highest BCUT2D eigenvalue weighted by Crippen LogP contribution is 2.45. The summed E-state index contributed by atoms with van der Waals surface area (Å²) in [5.41, 5.74) is 2.35. The summed E-state index contributed by atoms with van der Waals surface area (Å²) in [5.74, 6) is -0.146. The van der Waals surface area contributed by atoms with Gasteiger partial charge in [-0.05, 0) is 43.1 Å². The number of β-amino-alcohol motifs (C(OH)–C–C–N with tert-alkyl or cyclic N) is 1. The van der Waals surface area contributed by atoms with E-state index in [9.17, 15) is 4.39 Å². The number of likely N-dealkylation sites (tertiary alicyclic amines) is 1. The summed E-state index contributed by atoms with van der Waals surface area (Å²) in [5, 5.41) is 9.13. The topological polar surface area (TPSA) is 26.7 Å². The molecule has 1 atom stereocenters. The van der Waals surface area contributed by atoms with Crippen LogP contribution in [0.3, 0.4) is 0 Å². The summed E-state index contributed by atoms with van der Waals surface area (Å²) in [6.07, 6.45) is 2.22. The molecule has 0 radical (unpaired) electrons. The molecule has 1 saturated heterocycles. The number of aliphatic hydroxyl groups is 1. The molecule has 3 nitrogen and oxygen atoms in total. The van der Waals surface area contributed by atoms with Gasteiger partial charge in [0.1, 0.15) is 5.82 Å². The SMILES string of the molecule is CN1CC2(CCCN(CCO)C2)c2cc(F)ccc21. The maximum absolute atomic E-state index is 13.6. The molecule has 19 heavy (non-hydrogen) atoms. The van der Waals surface area contributed by atoms with Crippen LogP contribution in [-0.4, -0.2) is 49.8 Å². The van der Waals surface area contributed by atoms with Crippen LogP contribution in [-0.2, 0) is 5.41 Å². The number of hydrogen-bond donors (Lipinski definition) is 1. The van der Waals surface area contributed by atoms with Crippen LogP contribution in [0.2, 0.25) is 0 Å². The highest BCUT2D eigenvalue weighted by atomic mass is 19.1. The molecule has 1 unspecified atom stereocenters. The van der Waals surface area contributed by atoms with Crippen molar-refractivity contribution >= 4 is 5.69 Å². The second-order valence-electron chi connectivity index (χ2n) is 5.90. The fourth-order valence-electron chi connectivity index (χ4n) is 3.80. The van der Waals surface area contributed by atoms with E-state index in [4.69, 9.17) is 5.11 Å². The van der Waals surface area contributed by atoms with E-state index in [1.54, 1.807) is 12.1 Å². The molecular weight excluding hydrogens is 243 g/mol. The number of piperidine rings is 1. The van der Waals surface area contributed by atoms with Crippen molar-refractivity contribution in [1.82, 2.24) is 4.90 Å². The van der Waals surface area contributed by atoms with E-state index in [1.165, 1.54) is 0 Å². The van der Waals surface area contributed by atoms with E-state index in [2.05, 4.69) is 16.8 Å².